The molecule has 5 heteroatoms. The molecule has 1 aromatic heterocycles. The van der Waals surface area contributed by atoms with Crippen molar-refractivity contribution < 1.29 is 4.74 Å². The van der Waals surface area contributed by atoms with Crippen molar-refractivity contribution in [2.75, 3.05) is 12.8 Å². The van der Waals surface area contributed by atoms with Gasteiger partial charge in [-0.2, -0.15) is 0 Å². The summed E-state index contributed by atoms with van der Waals surface area (Å²) in [7, 11) is 1.56. The first kappa shape index (κ1) is 9.02. The van der Waals surface area contributed by atoms with Crippen LogP contribution in [0.3, 0.4) is 0 Å². The predicted octanol–water partition coefficient (Wildman–Crippen LogP) is 1.87. The first-order valence-corrected chi connectivity index (χ1v) is 4.34. The minimum absolute atomic E-state index is 0.212. The van der Waals surface area contributed by atoms with Crippen LogP contribution in [0.2, 0.25) is 5.28 Å². The SMILES string of the molecule is COc1cc2nc(Cl)ncc2cc1N. The molecule has 0 saturated heterocycles. The molecule has 0 radical (unpaired) electrons. The lowest BCUT2D eigenvalue weighted by atomic mass is 10.2. The summed E-state index contributed by atoms with van der Waals surface area (Å²) in [6.45, 7) is 0. The van der Waals surface area contributed by atoms with E-state index in [-0.39, 0.29) is 5.28 Å². The van der Waals surface area contributed by atoms with Crippen LogP contribution in [0.4, 0.5) is 5.69 Å². The van der Waals surface area contributed by atoms with Crippen LogP contribution in [-0.2, 0) is 0 Å². The predicted molar refractivity (Wildman–Crippen MR) is 55.5 cm³/mol. The van der Waals surface area contributed by atoms with Crippen molar-refractivity contribution in [1.29, 1.82) is 0 Å². The molecule has 0 atom stereocenters. The molecule has 1 heterocycles. The van der Waals surface area contributed by atoms with Crippen LogP contribution in [0.15, 0.2) is 18.3 Å². The van der Waals surface area contributed by atoms with Gasteiger partial charge in [-0.25, -0.2) is 9.97 Å². The molecule has 2 aromatic rings. The fourth-order valence-corrected chi connectivity index (χ4v) is 1.37. The molecule has 2 N–H and O–H groups in total. The normalized spacial score (nSPS) is 10.4. The average molecular weight is 210 g/mol. The van der Waals surface area contributed by atoms with E-state index in [0.29, 0.717) is 11.4 Å². The summed E-state index contributed by atoms with van der Waals surface area (Å²) in [5, 5.41) is 1.05. The van der Waals surface area contributed by atoms with E-state index in [0.717, 1.165) is 10.9 Å². The number of hydrogen-bond donors (Lipinski definition) is 1. The van der Waals surface area contributed by atoms with Gasteiger partial charge in [0.1, 0.15) is 5.75 Å². The van der Waals surface area contributed by atoms with Crippen molar-refractivity contribution in [3.8, 4) is 5.75 Å². The van der Waals surface area contributed by atoms with Crippen LogP contribution in [0, 0.1) is 0 Å². The van der Waals surface area contributed by atoms with Crippen molar-refractivity contribution in [2.45, 2.75) is 0 Å². The number of aromatic nitrogens is 2. The monoisotopic (exact) mass is 209 g/mol. The lowest BCUT2D eigenvalue weighted by Crippen LogP contribution is -1.93. The van der Waals surface area contributed by atoms with Gasteiger partial charge in [0.25, 0.3) is 0 Å². The number of fused-ring (bicyclic) bond motifs is 1. The number of nitrogens with two attached hydrogens (primary N) is 1. The zero-order chi connectivity index (χ0) is 10.1. The maximum atomic E-state index is 5.72. The molecule has 4 nitrogen and oxygen atoms in total. The summed E-state index contributed by atoms with van der Waals surface area (Å²) >= 11 is 5.66. The fraction of sp³-hybridized carbons (Fsp3) is 0.111. The van der Waals surface area contributed by atoms with Crippen LogP contribution in [0.1, 0.15) is 0 Å². The Bertz CT molecular complexity index is 487. The molecule has 0 amide bonds. The molecular weight excluding hydrogens is 202 g/mol. The first-order chi connectivity index (χ1) is 6.70. The second-order valence-electron chi connectivity index (χ2n) is 2.79. The highest BCUT2D eigenvalue weighted by Crippen LogP contribution is 2.26. The number of halogens is 1. The van der Waals surface area contributed by atoms with E-state index < -0.39 is 0 Å². The van der Waals surface area contributed by atoms with Crippen molar-refractivity contribution in [3.63, 3.8) is 0 Å². The highest BCUT2D eigenvalue weighted by Gasteiger charge is 2.04. The highest BCUT2D eigenvalue weighted by molar-refractivity contribution is 6.28. The summed E-state index contributed by atoms with van der Waals surface area (Å²) < 4.78 is 5.06. The van der Waals surface area contributed by atoms with E-state index in [9.17, 15) is 0 Å². The number of anilines is 1. The third-order valence-corrected chi connectivity index (χ3v) is 2.08. The number of hydrogen-bond acceptors (Lipinski definition) is 4. The quantitative estimate of drug-likeness (QED) is 0.576. The van der Waals surface area contributed by atoms with Crippen molar-refractivity contribution in [3.05, 3.63) is 23.6 Å². The van der Waals surface area contributed by atoms with E-state index in [1.807, 2.05) is 0 Å². The number of methoxy groups -OCH3 is 1. The Morgan fingerprint density at radius 2 is 2.21 bits per heavy atom. The Balaban J connectivity index is 2.73. The third kappa shape index (κ3) is 1.44. The standard InChI is InChI=1S/C9H8ClN3O/c1-14-8-3-7-5(2-6(8)11)4-12-9(10)13-7/h2-4H,11H2,1H3. The minimum atomic E-state index is 0.212. The Kier molecular flexibility index (Phi) is 2.13. The molecule has 2 rings (SSSR count). The van der Waals surface area contributed by atoms with Crippen LogP contribution >= 0.6 is 11.6 Å². The number of nitrogen functional groups attached to an aromatic ring is 1. The summed E-state index contributed by atoms with van der Waals surface area (Å²) in [5.41, 5.74) is 7.00. The molecule has 72 valence electrons. The van der Waals surface area contributed by atoms with E-state index in [1.54, 1.807) is 25.4 Å². The Hall–Kier alpha value is -1.55. The summed E-state index contributed by atoms with van der Waals surface area (Å²) in [6, 6.07) is 3.49. The molecular formula is C9H8ClN3O. The topological polar surface area (TPSA) is 61.0 Å². The summed E-state index contributed by atoms with van der Waals surface area (Å²) in [5.74, 6) is 0.590. The van der Waals surface area contributed by atoms with Crippen LogP contribution in [0.5, 0.6) is 5.75 Å². The zero-order valence-electron chi connectivity index (χ0n) is 7.49. The van der Waals surface area contributed by atoms with E-state index in [4.69, 9.17) is 22.1 Å². The van der Waals surface area contributed by atoms with Crippen molar-refractivity contribution in [2.24, 2.45) is 0 Å². The molecule has 0 aliphatic heterocycles. The Labute approximate surface area is 85.7 Å². The van der Waals surface area contributed by atoms with Crippen LogP contribution in [0.25, 0.3) is 10.9 Å². The third-order valence-electron chi connectivity index (χ3n) is 1.90. The smallest absolute Gasteiger partial charge is 0.222 e. The number of benzene rings is 1. The highest BCUT2D eigenvalue weighted by atomic mass is 35.5. The maximum absolute atomic E-state index is 5.72. The van der Waals surface area contributed by atoms with Gasteiger partial charge in [0.2, 0.25) is 5.28 Å². The fourth-order valence-electron chi connectivity index (χ4n) is 1.23. The molecule has 0 unspecified atom stereocenters. The number of ether oxygens (including phenoxy) is 1. The van der Waals surface area contributed by atoms with Crippen LogP contribution in [-0.4, -0.2) is 17.1 Å². The van der Waals surface area contributed by atoms with Gasteiger partial charge < -0.3 is 10.5 Å². The van der Waals surface area contributed by atoms with E-state index in [2.05, 4.69) is 9.97 Å². The minimum Gasteiger partial charge on any atom is -0.495 e. The van der Waals surface area contributed by atoms with Gasteiger partial charge in [-0.05, 0) is 17.7 Å². The second-order valence-corrected chi connectivity index (χ2v) is 3.13. The molecule has 14 heavy (non-hydrogen) atoms. The molecule has 0 aliphatic carbocycles. The second kappa shape index (κ2) is 3.31. The van der Waals surface area contributed by atoms with Gasteiger partial charge in [0.05, 0.1) is 18.3 Å². The van der Waals surface area contributed by atoms with Crippen LogP contribution < -0.4 is 10.5 Å². The number of nitrogens with zero attached hydrogens (tertiary/aromatic N) is 2. The van der Waals surface area contributed by atoms with Crippen molar-refractivity contribution >= 4 is 28.2 Å². The molecule has 0 bridgehead atoms. The van der Waals surface area contributed by atoms with Gasteiger partial charge in [0.15, 0.2) is 0 Å². The van der Waals surface area contributed by atoms with Gasteiger partial charge >= 0.3 is 0 Å². The van der Waals surface area contributed by atoms with Gasteiger partial charge in [-0.1, -0.05) is 0 Å². The van der Waals surface area contributed by atoms with Gasteiger partial charge in [0, 0.05) is 17.6 Å². The maximum Gasteiger partial charge on any atom is 0.222 e. The number of rotatable bonds is 1. The Morgan fingerprint density at radius 1 is 1.43 bits per heavy atom. The molecule has 1 aromatic carbocycles. The molecule has 0 spiro atoms. The first-order valence-electron chi connectivity index (χ1n) is 3.96. The molecule has 0 aliphatic rings. The van der Waals surface area contributed by atoms with Gasteiger partial charge in [-0.3, -0.25) is 0 Å². The summed E-state index contributed by atoms with van der Waals surface area (Å²) in [4.78, 5) is 7.91. The zero-order valence-corrected chi connectivity index (χ0v) is 8.25. The van der Waals surface area contributed by atoms with Crippen molar-refractivity contribution in [1.82, 2.24) is 9.97 Å². The lowest BCUT2D eigenvalue weighted by molar-refractivity contribution is 0.417. The van der Waals surface area contributed by atoms with E-state index in [1.165, 1.54) is 0 Å². The Morgan fingerprint density at radius 3 is 2.93 bits per heavy atom. The van der Waals surface area contributed by atoms with Gasteiger partial charge in [-0.15, -0.1) is 0 Å². The lowest BCUT2D eigenvalue weighted by Gasteiger charge is -2.05. The molecule has 0 saturated carbocycles. The molecule has 0 fully saturated rings. The largest absolute Gasteiger partial charge is 0.495 e. The average Bonchev–Trinajstić information content (AvgIpc) is 2.17. The van der Waals surface area contributed by atoms with E-state index >= 15 is 0 Å². The summed E-state index contributed by atoms with van der Waals surface area (Å²) in [6.07, 6.45) is 1.63.